The summed E-state index contributed by atoms with van der Waals surface area (Å²) < 4.78 is 0. The van der Waals surface area contributed by atoms with Gasteiger partial charge < -0.3 is 10.0 Å². The Morgan fingerprint density at radius 3 is 1.87 bits per heavy atom. The molecule has 1 N–H and O–H groups in total. The van der Waals surface area contributed by atoms with Gasteiger partial charge >= 0.3 is 5.97 Å². The molecule has 2 rings (SSSR count). The van der Waals surface area contributed by atoms with Crippen LogP contribution in [0.5, 0.6) is 0 Å². The van der Waals surface area contributed by atoms with Crippen LogP contribution in [0.15, 0.2) is 18.2 Å². The number of piperazine rings is 1. The van der Waals surface area contributed by atoms with Crippen molar-refractivity contribution in [3.8, 4) is 0 Å². The standard InChI is InChI=1S/C19H30N2O2/c1-13(2)15-7-6-8-16(14(3)4)17(15)18(19(22)23)21-11-9-20(5)10-12-21/h6-8,13-14,18H,9-12H2,1-5H3,(H,22,23). The molecule has 4 heteroatoms. The number of rotatable bonds is 5. The van der Waals surface area contributed by atoms with Crippen molar-refractivity contribution >= 4 is 5.97 Å². The van der Waals surface area contributed by atoms with E-state index in [0.29, 0.717) is 11.8 Å². The molecule has 128 valence electrons. The Balaban J connectivity index is 2.51. The maximum Gasteiger partial charge on any atom is 0.325 e. The van der Waals surface area contributed by atoms with E-state index in [0.717, 1.165) is 31.7 Å². The first-order valence-electron chi connectivity index (χ1n) is 8.61. The lowest BCUT2D eigenvalue weighted by Crippen LogP contribution is -2.48. The van der Waals surface area contributed by atoms with Crippen LogP contribution in [0.2, 0.25) is 0 Å². The summed E-state index contributed by atoms with van der Waals surface area (Å²) in [6, 6.07) is 5.71. The topological polar surface area (TPSA) is 43.8 Å². The molecule has 0 spiro atoms. The first kappa shape index (κ1) is 18.0. The highest BCUT2D eigenvalue weighted by Gasteiger charge is 2.33. The Bertz CT molecular complexity index is 520. The molecule has 1 aliphatic heterocycles. The van der Waals surface area contributed by atoms with Crippen LogP contribution in [-0.4, -0.2) is 54.1 Å². The minimum absolute atomic E-state index is 0.318. The second-order valence-corrected chi connectivity index (χ2v) is 7.24. The van der Waals surface area contributed by atoms with Crippen LogP contribution in [-0.2, 0) is 4.79 Å². The van der Waals surface area contributed by atoms with Crippen molar-refractivity contribution in [1.29, 1.82) is 0 Å². The highest BCUT2D eigenvalue weighted by molar-refractivity contribution is 5.77. The molecule has 1 saturated heterocycles. The molecule has 23 heavy (non-hydrogen) atoms. The van der Waals surface area contributed by atoms with E-state index in [4.69, 9.17) is 0 Å². The molecule has 0 amide bonds. The second kappa shape index (κ2) is 7.45. The van der Waals surface area contributed by atoms with Gasteiger partial charge in [0, 0.05) is 26.2 Å². The van der Waals surface area contributed by atoms with Gasteiger partial charge in [-0.05, 0) is 35.6 Å². The van der Waals surface area contributed by atoms with Gasteiger partial charge in [-0.1, -0.05) is 45.9 Å². The molecule has 1 unspecified atom stereocenters. The third-order valence-electron chi connectivity index (χ3n) is 4.83. The summed E-state index contributed by atoms with van der Waals surface area (Å²) in [5.74, 6) is -0.0967. The normalized spacial score (nSPS) is 18.6. The molecular weight excluding hydrogens is 288 g/mol. The number of hydrogen-bond acceptors (Lipinski definition) is 3. The summed E-state index contributed by atoms with van der Waals surface area (Å²) in [6.07, 6.45) is 0. The van der Waals surface area contributed by atoms with Crippen molar-refractivity contribution in [2.45, 2.75) is 45.6 Å². The molecule has 0 saturated carbocycles. The van der Waals surface area contributed by atoms with E-state index in [1.54, 1.807) is 0 Å². The summed E-state index contributed by atoms with van der Waals surface area (Å²) in [5, 5.41) is 10.0. The molecule has 1 heterocycles. The zero-order chi connectivity index (χ0) is 17.1. The van der Waals surface area contributed by atoms with Gasteiger partial charge in [-0.25, -0.2) is 0 Å². The monoisotopic (exact) mass is 318 g/mol. The van der Waals surface area contributed by atoms with Crippen molar-refractivity contribution in [2.24, 2.45) is 0 Å². The smallest absolute Gasteiger partial charge is 0.325 e. The Labute approximate surface area is 140 Å². The zero-order valence-electron chi connectivity index (χ0n) is 15.0. The average molecular weight is 318 g/mol. The van der Waals surface area contributed by atoms with Crippen molar-refractivity contribution in [3.63, 3.8) is 0 Å². The summed E-state index contributed by atoms with van der Waals surface area (Å²) in [4.78, 5) is 16.6. The Morgan fingerprint density at radius 2 is 1.48 bits per heavy atom. The fourth-order valence-electron chi connectivity index (χ4n) is 3.47. The number of carboxylic acids is 1. The minimum atomic E-state index is -0.732. The van der Waals surface area contributed by atoms with E-state index in [9.17, 15) is 9.90 Å². The summed E-state index contributed by atoms with van der Waals surface area (Å²) in [6.45, 7) is 12.0. The van der Waals surface area contributed by atoms with Gasteiger partial charge in [-0.3, -0.25) is 9.69 Å². The van der Waals surface area contributed by atoms with Gasteiger partial charge in [-0.15, -0.1) is 0 Å². The fraction of sp³-hybridized carbons (Fsp3) is 0.632. The van der Waals surface area contributed by atoms with E-state index in [-0.39, 0.29) is 0 Å². The lowest BCUT2D eigenvalue weighted by atomic mass is 9.84. The van der Waals surface area contributed by atoms with E-state index in [1.807, 2.05) is 0 Å². The number of aliphatic carboxylic acids is 1. The maximum atomic E-state index is 12.2. The summed E-state index contributed by atoms with van der Waals surface area (Å²) in [5.41, 5.74) is 3.36. The quantitative estimate of drug-likeness (QED) is 0.904. The molecule has 0 radical (unpaired) electrons. The molecule has 0 aliphatic carbocycles. The van der Waals surface area contributed by atoms with E-state index in [1.165, 1.54) is 11.1 Å². The molecule has 4 nitrogen and oxygen atoms in total. The number of carboxylic acid groups (broad SMARTS) is 1. The van der Waals surface area contributed by atoms with Gasteiger partial charge in [0.1, 0.15) is 6.04 Å². The molecule has 0 aromatic heterocycles. The molecule has 1 fully saturated rings. The van der Waals surface area contributed by atoms with Crippen LogP contribution in [0.3, 0.4) is 0 Å². The summed E-state index contributed by atoms with van der Waals surface area (Å²) >= 11 is 0. The van der Waals surface area contributed by atoms with E-state index < -0.39 is 12.0 Å². The Morgan fingerprint density at radius 1 is 1.00 bits per heavy atom. The highest BCUT2D eigenvalue weighted by Crippen LogP contribution is 2.35. The number of benzene rings is 1. The molecule has 1 aromatic rings. The zero-order valence-corrected chi connectivity index (χ0v) is 15.0. The van der Waals surface area contributed by atoms with Gasteiger partial charge in [0.25, 0.3) is 0 Å². The van der Waals surface area contributed by atoms with Crippen LogP contribution < -0.4 is 0 Å². The molecule has 1 aromatic carbocycles. The predicted octanol–water partition coefficient (Wildman–Crippen LogP) is 3.31. The van der Waals surface area contributed by atoms with Crippen molar-refractivity contribution in [3.05, 3.63) is 34.9 Å². The van der Waals surface area contributed by atoms with Crippen LogP contribution in [0, 0.1) is 0 Å². The number of likely N-dealkylation sites (N-methyl/N-ethyl adjacent to an activating group) is 1. The SMILES string of the molecule is CC(C)c1cccc(C(C)C)c1C(C(=O)O)N1CCN(C)CC1. The molecule has 1 aliphatic rings. The average Bonchev–Trinajstić information content (AvgIpc) is 2.48. The largest absolute Gasteiger partial charge is 0.480 e. The highest BCUT2D eigenvalue weighted by atomic mass is 16.4. The third kappa shape index (κ3) is 3.93. The van der Waals surface area contributed by atoms with Gasteiger partial charge in [0.2, 0.25) is 0 Å². The van der Waals surface area contributed by atoms with Crippen molar-refractivity contribution in [2.75, 3.05) is 33.2 Å². The van der Waals surface area contributed by atoms with E-state index in [2.05, 4.69) is 62.7 Å². The lowest BCUT2D eigenvalue weighted by molar-refractivity contribution is -0.144. The first-order valence-corrected chi connectivity index (χ1v) is 8.61. The van der Waals surface area contributed by atoms with Crippen LogP contribution in [0.25, 0.3) is 0 Å². The number of carbonyl (C=O) groups is 1. The third-order valence-corrected chi connectivity index (χ3v) is 4.83. The lowest BCUT2D eigenvalue weighted by Gasteiger charge is -2.38. The minimum Gasteiger partial charge on any atom is -0.480 e. The van der Waals surface area contributed by atoms with Crippen LogP contribution >= 0.6 is 0 Å². The molecule has 1 atom stereocenters. The van der Waals surface area contributed by atoms with Gasteiger partial charge in [-0.2, -0.15) is 0 Å². The van der Waals surface area contributed by atoms with Crippen LogP contribution in [0.1, 0.15) is 62.3 Å². The Hall–Kier alpha value is -1.39. The second-order valence-electron chi connectivity index (χ2n) is 7.24. The maximum absolute atomic E-state index is 12.2. The summed E-state index contributed by atoms with van der Waals surface area (Å²) in [7, 11) is 2.09. The van der Waals surface area contributed by atoms with Gasteiger partial charge in [0.05, 0.1) is 0 Å². The number of hydrogen-bond donors (Lipinski definition) is 1. The van der Waals surface area contributed by atoms with Gasteiger partial charge in [0.15, 0.2) is 0 Å². The Kier molecular flexibility index (Phi) is 5.82. The molecule has 0 bridgehead atoms. The van der Waals surface area contributed by atoms with Crippen molar-refractivity contribution < 1.29 is 9.90 Å². The first-order chi connectivity index (χ1) is 10.8. The predicted molar refractivity (Wildman–Crippen MR) is 94.1 cm³/mol. The van der Waals surface area contributed by atoms with Crippen molar-refractivity contribution in [1.82, 2.24) is 9.80 Å². The molecular formula is C19H30N2O2. The fourth-order valence-corrected chi connectivity index (χ4v) is 3.47. The van der Waals surface area contributed by atoms with Crippen LogP contribution in [0.4, 0.5) is 0 Å². The number of nitrogens with zero attached hydrogens (tertiary/aromatic N) is 2. The van der Waals surface area contributed by atoms with E-state index >= 15 is 0 Å².